The molecule has 1 aliphatic carbocycles. The molecule has 0 bridgehead atoms. The Bertz CT molecular complexity index is 675. The molecule has 1 heterocycles. The van der Waals surface area contributed by atoms with Gasteiger partial charge in [0.1, 0.15) is 5.82 Å². The van der Waals surface area contributed by atoms with Gasteiger partial charge in [-0.1, -0.05) is 0 Å². The summed E-state index contributed by atoms with van der Waals surface area (Å²) in [4.78, 5) is 12.0. The van der Waals surface area contributed by atoms with Gasteiger partial charge in [-0.3, -0.25) is 0 Å². The fraction of sp³-hybridized carbons (Fsp3) is 0.375. The molecule has 1 aromatic heterocycles. The Kier molecular flexibility index (Phi) is 4.57. The van der Waals surface area contributed by atoms with E-state index in [1.54, 1.807) is 29.2 Å². The van der Waals surface area contributed by atoms with Gasteiger partial charge < -0.3 is 15.7 Å². The fourth-order valence-electron chi connectivity index (χ4n) is 2.86. The zero-order valence-electron chi connectivity index (χ0n) is 12.6. The molecule has 0 radical (unpaired) electrons. The molecule has 3 rings (SSSR count). The fourth-order valence-corrected chi connectivity index (χ4v) is 2.86. The summed E-state index contributed by atoms with van der Waals surface area (Å²) in [5.41, 5.74) is 0.931. The Morgan fingerprint density at radius 3 is 3.00 bits per heavy atom. The van der Waals surface area contributed by atoms with Gasteiger partial charge >= 0.3 is 6.03 Å². The quantitative estimate of drug-likeness (QED) is 0.809. The van der Waals surface area contributed by atoms with Crippen LogP contribution >= 0.6 is 0 Å². The van der Waals surface area contributed by atoms with Crippen LogP contribution in [-0.4, -0.2) is 33.6 Å². The molecular formula is C16H19FN4O2. The molecular weight excluding hydrogens is 299 g/mol. The summed E-state index contributed by atoms with van der Waals surface area (Å²) in [5.74, 6) is -0.149. The number of nitrogens with zero attached hydrogens (tertiary/aromatic N) is 2. The van der Waals surface area contributed by atoms with E-state index < -0.39 is 11.8 Å². The molecule has 3 N–H and O–H groups in total. The van der Waals surface area contributed by atoms with Crippen LogP contribution in [0.3, 0.4) is 0 Å². The predicted molar refractivity (Wildman–Crippen MR) is 83.9 cm³/mol. The summed E-state index contributed by atoms with van der Waals surface area (Å²) < 4.78 is 15.0. The predicted octanol–water partition coefficient (Wildman–Crippen LogP) is 2.29. The number of anilines is 1. The normalized spacial score (nSPS) is 20.4. The van der Waals surface area contributed by atoms with Gasteiger partial charge in [-0.2, -0.15) is 5.10 Å². The van der Waals surface area contributed by atoms with E-state index in [1.165, 1.54) is 12.1 Å². The first-order valence-corrected chi connectivity index (χ1v) is 7.64. The third kappa shape index (κ3) is 3.87. The van der Waals surface area contributed by atoms with Crippen molar-refractivity contribution in [2.24, 2.45) is 5.92 Å². The van der Waals surface area contributed by atoms with Gasteiger partial charge in [0.05, 0.1) is 17.5 Å². The van der Waals surface area contributed by atoms with E-state index in [9.17, 15) is 14.3 Å². The van der Waals surface area contributed by atoms with Crippen molar-refractivity contribution in [3.05, 3.63) is 42.5 Å². The van der Waals surface area contributed by atoms with Gasteiger partial charge in [-0.05, 0) is 49.4 Å². The largest absolute Gasteiger partial charge is 0.393 e. The van der Waals surface area contributed by atoms with E-state index in [4.69, 9.17) is 0 Å². The van der Waals surface area contributed by atoms with Gasteiger partial charge in [-0.15, -0.1) is 0 Å². The van der Waals surface area contributed by atoms with Crippen LogP contribution in [0.1, 0.15) is 19.3 Å². The number of rotatable bonds is 4. The minimum atomic E-state index is -0.435. The number of aromatic nitrogens is 2. The second kappa shape index (κ2) is 6.78. The number of carbonyl (C=O) groups is 1. The minimum absolute atomic E-state index is 0.264. The number of carbonyl (C=O) groups excluding carboxylic acids is 1. The third-order valence-corrected chi connectivity index (χ3v) is 4.02. The van der Waals surface area contributed by atoms with Crippen molar-refractivity contribution in [1.29, 1.82) is 0 Å². The second-order valence-electron chi connectivity index (χ2n) is 5.78. The molecule has 23 heavy (non-hydrogen) atoms. The van der Waals surface area contributed by atoms with Crippen molar-refractivity contribution >= 4 is 11.7 Å². The number of aliphatic hydroxyl groups excluding tert-OH is 1. The second-order valence-corrected chi connectivity index (χ2v) is 5.78. The lowest BCUT2D eigenvalue weighted by Gasteiger charge is -2.14. The van der Waals surface area contributed by atoms with Crippen LogP contribution in [0.2, 0.25) is 0 Å². The maximum Gasteiger partial charge on any atom is 0.319 e. The number of hydrogen-bond acceptors (Lipinski definition) is 3. The zero-order valence-corrected chi connectivity index (χ0v) is 12.6. The lowest BCUT2D eigenvalue weighted by molar-refractivity contribution is 0.177. The first kappa shape index (κ1) is 15.5. The molecule has 0 aliphatic heterocycles. The molecule has 6 nitrogen and oxygen atoms in total. The topological polar surface area (TPSA) is 79.2 Å². The number of aliphatic hydroxyl groups is 1. The highest BCUT2D eigenvalue weighted by molar-refractivity contribution is 5.91. The molecule has 1 saturated carbocycles. The highest BCUT2D eigenvalue weighted by Crippen LogP contribution is 2.25. The van der Waals surface area contributed by atoms with E-state index in [1.807, 2.05) is 0 Å². The summed E-state index contributed by atoms with van der Waals surface area (Å²) in [5, 5.41) is 19.0. The Morgan fingerprint density at radius 2 is 2.30 bits per heavy atom. The summed E-state index contributed by atoms with van der Waals surface area (Å²) in [6, 6.07) is 5.49. The molecule has 2 amide bonds. The lowest BCUT2D eigenvalue weighted by atomic mass is 10.1. The zero-order chi connectivity index (χ0) is 16.2. The first-order valence-electron chi connectivity index (χ1n) is 7.64. The number of amides is 2. The minimum Gasteiger partial charge on any atom is -0.393 e. The first-order chi connectivity index (χ1) is 11.1. The summed E-state index contributed by atoms with van der Waals surface area (Å²) in [6.45, 7) is 0.495. The number of benzene rings is 1. The van der Waals surface area contributed by atoms with Crippen LogP contribution in [0, 0.1) is 11.7 Å². The third-order valence-electron chi connectivity index (χ3n) is 4.02. The SMILES string of the molecule is O=C(NC[C@@H]1CC[C@H](O)C1)Nc1cc(F)ccc1-n1cccn1. The van der Waals surface area contributed by atoms with Gasteiger partial charge in [0.25, 0.3) is 0 Å². The molecule has 1 fully saturated rings. The molecule has 7 heteroatoms. The van der Waals surface area contributed by atoms with Crippen molar-refractivity contribution in [2.45, 2.75) is 25.4 Å². The van der Waals surface area contributed by atoms with E-state index >= 15 is 0 Å². The van der Waals surface area contributed by atoms with E-state index in [-0.39, 0.29) is 12.0 Å². The summed E-state index contributed by atoms with van der Waals surface area (Å²) in [6.07, 6.45) is 5.45. The monoisotopic (exact) mass is 318 g/mol. The maximum atomic E-state index is 13.5. The van der Waals surface area contributed by atoms with Crippen LogP contribution in [0.5, 0.6) is 0 Å². The van der Waals surface area contributed by atoms with Gasteiger partial charge in [-0.25, -0.2) is 13.9 Å². The Labute approximate surface area is 133 Å². The number of hydrogen-bond donors (Lipinski definition) is 3. The van der Waals surface area contributed by atoms with Crippen LogP contribution in [-0.2, 0) is 0 Å². The summed E-state index contributed by atoms with van der Waals surface area (Å²) >= 11 is 0. The highest BCUT2D eigenvalue weighted by Gasteiger charge is 2.23. The Morgan fingerprint density at radius 1 is 1.43 bits per heavy atom. The van der Waals surface area contributed by atoms with Crippen LogP contribution in [0.25, 0.3) is 5.69 Å². The number of halogens is 1. The molecule has 2 atom stereocenters. The van der Waals surface area contributed by atoms with E-state index in [0.29, 0.717) is 24.3 Å². The standard InChI is InChI=1S/C16H19FN4O2/c17-12-3-5-15(21-7-1-6-19-21)14(9-12)20-16(23)18-10-11-2-4-13(22)8-11/h1,3,5-7,9,11,13,22H,2,4,8,10H2,(H2,18,20,23)/t11-,13+/m1/s1. The molecule has 1 aromatic carbocycles. The van der Waals surface area contributed by atoms with Crippen molar-refractivity contribution < 1.29 is 14.3 Å². The Hall–Kier alpha value is -2.41. The molecule has 122 valence electrons. The van der Waals surface area contributed by atoms with Crippen molar-refractivity contribution in [1.82, 2.24) is 15.1 Å². The van der Waals surface area contributed by atoms with E-state index in [0.717, 1.165) is 12.8 Å². The average Bonchev–Trinajstić information content (AvgIpc) is 3.17. The smallest absolute Gasteiger partial charge is 0.319 e. The number of urea groups is 1. The van der Waals surface area contributed by atoms with E-state index in [2.05, 4.69) is 15.7 Å². The van der Waals surface area contributed by atoms with Crippen molar-refractivity contribution in [3.63, 3.8) is 0 Å². The van der Waals surface area contributed by atoms with Crippen LogP contribution in [0.4, 0.5) is 14.9 Å². The van der Waals surface area contributed by atoms with Crippen LogP contribution < -0.4 is 10.6 Å². The van der Waals surface area contributed by atoms with Gasteiger partial charge in [0.2, 0.25) is 0 Å². The molecule has 0 saturated heterocycles. The molecule has 1 aliphatic rings. The highest BCUT2D eigenvalue weighted by atomic mass is 19.1. The van der Waals surface area contributed by atoms with Crippen molar-refractivity contribution in [3.8, 4) is 5.69 Å². The number of nitrogens with one attached hydrogen (secondary N) is 2. The molecule has 0 spiro atoms. The summed E-state index contributed by atoms with van der Waals surface area (Å²) in [7, 11) is 0. The molecule has 0 unspecified atom stereocenters. The molecule has 2 aromatic rings. The Balaban J connectivity index is 1.65. The van der Waals surface area contributed by atoms with Gasteiger partial charge in [0.15, 0.2) is 0 Å². The lowest BCUT2D eigenvalue weighted by Crippen LogP contribution is -2.33. The van der Waals surface area contributed by atoms with Crippen molar-refractivity contribution in [2.75, 3.05) is 11.9 Å². The van der Waals surface area contributed by atoms with Crippen LogP contribution in [0.15, 0.2) is 36.7 Å². The van der Waals surface area contributed by atoms with Gasteiger partial charge in [0, 0.05) is 18.9 Å². The average molecular weight is 318 g/mol. The maximum absolute atomic E-state index is 13.5.